The minimum absolute atomic E-state index is 0.0489. The molecule has 0 radical (unpaired) electrons. The first-order chi connectivity index (χ1) is 26.6. The van der Waals surface area contributed by atoms with Crippen molar-refractivity contribution in [3.05, 3.63) is 103 Å². The molecule has 54 heavy (non-hydrogen) atoms. The Labute approximate surface area is 332 Å². The van der Waals surface area contributed by atoms with E-state index in [0.717, 1.165) is 22.6 Å². The summed E-state index contributed by atoms with van der Waals surface area (Å²) in [5.41, 5.74) is 12.5. The van der Waals surface area contributed by atoms with Gasteiger partial charge in [-0.1, -0.05) is 184 Å². The highest BCUT2D eigenvalue weighted by atomic mass is 31.1. The van der Waals surface area contributed by atoms with Crippen LogP contribution in [0.3, 0.4) is 0 Å². The summed E-state index contributed by atoms with van der Waals surface area (Å²) in [6.07, 6.45) is 29.2. The standard InChI is InChI=1S/C26H36NP.C25H33P/c1-27(2)25-19-11-9-17-23(25)24-18-10-12-20-26(24)28(21-13-5-3-6-14-21)22-15-7-4-8-16-22;1-20-12-8-9-17-23(20)24-18-10-11-19-25(24)26(21-13-4-2-5-14-21)22-15-6-3-7-16-22/h9-12,17-22H,3-8,13-16H2,1-2H3;8-12,17-19,21-22H,2-7,13-16H2,1H3. The number of hydrogen-bond acceptors (Lipinski definition) is 1. The van der Waals surface area contributed by atoms with Crippen LogP contribution in [-0.2, 0) is 0 Å². The number of anilines is 1. The van der Waals surface area contributed by atoms with Crippen LogP contribution in [0, 0.1) is 6.92 Å². The van der Waals surface area contributed by atoms with E-state index in [0.29, 0.717) is 0 Å². The molecule has 0 aromatic heterocycles. The summed E-state index contributed by atoms with van der Waals surface area (Å²) in [6.45, 7) is 2.27. The molecule has 3 heteroatoms. The molecule has 0 N–H and O–H groups in total. The van der Waals surface area contributed by atoms with E-state index in [1.54, 1.807) is 10.6 Å². The van der Waals surface area contributed by atoms with E-state index in [9.17, 15) is 0 Å². The average molecular weight is 758 g/mol. The first-order valence-corrected chi connectivity index (χ1v) is 25.1. The van der Waals surface area contributed by atoms with Gasteiger partial charge in [0.15, 0.2) is 0 Å². The maximum Gasteiger partial charge on any atom is 0.0440 e. The average Bonchev–Trinajstić information content (AvgIpc) is 3.24. The summed E-state index contributed by atoms with van der Waals surface area (Å²) in [5, 5.41) is 3.42. The SMILES string of the molecule is CN(C)c1ccccc1-c1ccccc1P(C1CCCCC1)C1CCCCC1.Cc1ccccc1-c1ccccc1P(C1CCCCC1)C1CCCCC1. The van der Waals surface area contributed by atoms with Crippen molar-refractivity contribution in [3.63, 3.8) is 0 Å². The summed E-state index contributed by atoms with van der Waals surface area (Å²) < 4.78 is 0. The molecule has 4 aromatic rings. The quantitative estimate of drug-likeness (QED) is 0.154. The molecule has 4 aliphatic carbocycles. The number of rotatable bonds is 9. The van der Waals surface area contributed by atoms with E-state index in [1.807, 2.05) is 0 Å². The highest BCUT2D eigenvalue weighted by Gasteiger charge is 2.35. The van der Waals surface area contributed by atoms with Gasteiger partial charge in [-0.3, -0.25) is 0 Å². The van der Waals surface area contributed by atoms with Gasteiger partial charge in [0.1, 0.15) is 0 Å². The van der Waals surface area contributed by atoms with E-state index in [2.05, 4.69) is 123 Å². The molecule has 8 rings (SSSR count). The normalized spacial score (nSPS) is 19.4. The lowest BCUT2D eigenvalue weighted by Crippen LogP contribution is -2.27. The maximum absolute atomic E-state index is 2.50. The summed E-state index contributed by atoms with van der Waals surface area (Å²) in [5.74, 6) is 0. The molecule has 0 spiro atoms. The van der Waals surface area contributed by atoms with Crippen LogP contribution in [0.25, 0.3) is 22.3 Å². The van der Waals surface area contributed by atoms with Crippen molar-refractivity contribution in [2.45, 2.75) is 158 Å². The van der Waals surface area contributed by atoms with Crippen LogP contribution in [0.15, 0.2) is 97.1 Å². The molecule has 0 aliphatic heterocycles. The predicted octanol–water partition coefficient (Wildman–Crippen LogP) is 14.6. The van der Waals surface area contributed by atoms with Gasteiger partial charge in [-0.05, 0) is 120 Å². The maximum atomic E-state index is 2.50. The molecule has 0 amide bonds. The fourth-order valence-corrected chi connectivity index (χ4v) is 18.6. The zero-order chi connectivity index (χ0) is 37.1. The van der Waals surface area contributed by atoms with Gasteiger partial charge in [0.2, 0.25) is 0 Å². The molecule has 4 aliphatic rings. The molecule has 1 nitrogen and oxygen atoms in total. The number of hydrogen-bond donors (Lipinski definition) is 0. The Kier molecular flexibility index (Phi) is 14.8. The molecule has 0 bridgehead atoms. The molecule has 0 atom stereocenters. The van der Waals surface area contributed by atoms with Crippen LogP contribution in [0.2, 0.25) is 0 Å². The zero-order valence-corrected chi connectivity index (χ0v) is 35.8. The second-order valence-corrected chi connectivity index (χ2v) is 22.8. The van der Waals surface area contributed by atoms with E-state index in [4.69, 9.17) is 0 Å². The van der Waals surface area contributed by atoms with E-state index < -0.39 is 0 Å². The van der Waals surface area contributed by atoms with E-state index in [1.165, 1.54) is 162 Å². The minimum atomic E-state index is -0.0867. The molecule has 288 valence electrons. The van der Waals surface area contributed by atoms with Gasteiger partial charge in [-0.2, -0.15) is 0 Å². The largest absolute Gasteiger partial charge is 0.377 e. The van der Waals surface area contributed by atoms with Gasteiger partial charge in [-0.25, -0.2) is 0 Å². The van der Waals surface area contributed by atoms with Gasteiger partial charge >= 0.3 is 0 Å². The van der Waals surface area contributed by atoms with Crippen molar-refractivity contribution in [1.82, 2.24) is 0 Å². The van der Waals surface area contributed by atoms with E-state index >= 15 is 0 Å². The Balaban J connectivity index is 0.000000167. The predicted molar refractivity (Wildman–Crippen MR) is 243 cm³/mol. The van der Waals surface area contributed by atoms with Gasteiger partial charge in [-0.15, -0.1) is 0 Å². The number of benzene rings is 4. The highest BCUT2D eigenvalue weighted by Crippen LogP contribution is 2.57. The van der Waals surface area contributed by atoms with Crippen molar-refractivity contribution in [2.75, 3.05) is 19.0 Å². The Morgan fingerprint density at radius 3 is 1.07 bits per heavy atom. The molecule has 4 saturated carbocycles. The summed E-state index contributed by atoms with van der Waals surface area (Å²) in [4.78, 5) is 2.27. The first-order valence-electron chi connectivity index (χ1n) is 22.2. The monoisotopic (exact) mass is 757 g/mol. The molecule has 0 unspecified atom stereocenters. The molecule has 4 aromatic carbocycles. The van der Waals surface area contributed by atoms with Crippen LogP contribution in [0.4, 0.5) is 5.69 Å². The Bertz CT molecular complexity index is 1680. The summed E-state index contributed by atoms with van der Waals surface area (Å²) in [6, 6.07) is 36.9. The second kappa shape index (κ2) is 20.1. The van der Waals surface area contributed by atoms with Crippen molar-refractivity contribution >= 4 is 32.1 Å². The third kappa shape index (κ3) is 9.73. The summed E-state index contributed by atoms with van der Waals surface area (Å²) >= 11 is 0. The Morgan fingerprint density at radius 2 is 0.685 bits per heavy atom. The van der Waals surface area contributed by atoms with Gasteiger partial charge in [0.05, 0.1) is 0 Å². The fourth-order valence-electron chi connectivity index (χ4n) is 10.6. The van der Waals surface area contributed by atoms with Crippen LogP contribution in [0.1, 0.15) is 134 Å². The topological polar surface area (TPSA) is 3.24 Å². The van der Waals surface area contributed by atoms with Crippen molar-refractivity contribution < 1.29 is 0 Å². The van der Waals surface area contributed by atoms with Gasteiger partial charge < -0.3 is 4.90 Å². The second-order valence-electron chi connectivity index (χ2n) is 17.2. The molecular weight excluding hydrogens is 689 g/mol. The van der Waals surface area contributed by atoms with Gasteiger partial charge in [0, 0.05) is 25.3 Å². The number of para-hydroxylation sites is 1. The first kappa shape index (κ1) is 39.8. The van der Waals surface area contributed by atoms with Crippen LogP contribution >= 0.6 is 15.8 Å². The number of aryl methyl sites for hydroxylation is 1. The lowest BCUT2D eigenvalue weighted by molar-refractivity contribution is 0.487. The fraction of sp³-hybridized carbons (Fsp3) is 0.529. The highest BCUT2D eigenvalue weighted by molar-refractivity contribution is 7.67. The smallest absolute Gasteiger partial charge is 0.0440 e. The van der Waals surface area contributed by atoms with Crippen molar-refractivity contribution in [1.29, 1.82) is 0 Å². The van der Waals surface area contributed by atoms with Crippen molar-refractivity contribution in [3.8, 4) is 22.3 Å². The van der Waals surface area contributed by atoms with Gasteiger partial charge in [0.25, 0.3) is 0 Å². The number of nitrogens with zero attached hydrogens (tertiary/aromatic N) is 1. The van der Waals surface area contributed by atoms with Crippen LogP contribution < -0.4 is 15.5 Å². The summed E-state index contributed by atoms with van der Waals surface area (Å²) in [7, 11) is 4.21. The third-order valence-corrected chi connectivity index (χ3v) is 20.5. The zero-order valence-electron chi connectivity index (χ0n) is 34.0. The van der Waals surface area contributed by atoms with Crippen LogP contribution in [0.5, 0.6) is 0 Å². The van der Waals surface area contributed by atoms with Crippen LogP contribution in [-0.4, -0.2) is 36.7 Å². The molecule has 4 fully saturated rings. The van der Waals surface area contributed by atoms with E-state index in [-0.39, 0.29) is 15.8 Å². The molecule has 0 heterocycles. The minimum Gasteiger partial charge on any atom is -0.377 e. The Hall–Kier alpha value is -2.46. The third-order valence-electron chi connectivity index (χ3n) is 13.3. The lowest BCUT2D eigenvalue weighted by Gasteiger charge is -2.39. The Morgan fingerprint density at radius 1 is 0.370 bits per heavy atom. The molecular formula is C51H69NP2. The van der Waals surface area contributed by atoms with Crippen molar-refractivity contribution in [2.24, 2.45) is 0 Å². The molecule has 0 saturated heterocycles. The lowest BCUT2D eigenvalue weighted by atomic mass is 9.99.